The molecule has 1 amide bonds. The number of hydrogen-bond acceptors (Lipinski definition) is 5. The molecule has 2 aromatic rings. The first-order valence-electron chi connectivity index (χ1n) is 6.32. The van der Waals surface area contributed by atoms with E-state index in [-0.39, 0.29) is 12.5 Å². The van der Waals surface area contributed by atoms with E-state index in [2.05, 4.69) is 9.98 Å². The number of aromatic nitrogens is 1. The predicted octanol–water partition coefficient (Wildman–Crippen LogP) is 2.90. The maximum absolute atomic E-state index is 12.5. The molecule has 3 rings (SSSR count). The second-order valence-electron chi connectivity index (χ2n) is 4.33. The lowest BCUT2D eigenvalue weighted by atomic mass is 10.1. The summed E-state index contributed by atoms with van der Waals surface area (Å²) in [5.74, 6) is -0.332. The highest BCUT2D eigenvalue weighted by molar-refractivity contribution is 8.04. The molecule has 0 bridgehead atoms. The SMILES string of the molecule is O=C(N=CCO)C1(c2nc3ccccc3s2)C=CC=CS1. The number of carbonyl (C=O) groups is 1. The number of rotatable bonds is 3. The maximum atomic E-state index is 12.5. The van der Waals surface area contributed by atoms with E-state index in [1.807, 2.05) is 47.9 Å². The van der Waals surface area contributed by atoms with Gasteiger partial charge in [0.1, 0.15) is 5.01 Å². The zero-order chi connectivity index (χ0) is 14.7. The first-order valence-corrected chi connectivity index (χ1v) is 8.02. The molecule has 2 heterocycles. The third-order valence-corrected chi connectivity index (χ3v) is 5.46. The molecule has 6 heteroatoms. The number of fused-ring (bicyclic) bond motifs is 1. The largest absolute Gasteiger partial charge is 0.391 e. The average Bonchev–Trinajstić information content (AvgIpc) is 2.97. The van der Waals surface area contributed by atoms with E-state index in [4.69, 9.17) is 5.11 Å². The molecule has 1 aromatic carbocycles. The van der Waals surface area contributed by atoms with Gasteiger partial charge in [-0.3, -0.25) is 4.79 Å². The number of allylic oxidation sites excluding steroid dienone is 2. The third-order valence-electron chi connectivity index (χ3n) is 2.99. The van der Waals surface area contributed by atoms with Gasteiger partial charge in [0.2, 0.25) is 0 Å². The summed E-state index contributed by atoms with van der Waals surface area (Å²) >= 11 is 2.86. The van der Waals surface area contributed by atoms with E-state index in [9.17, 15) is 4.79 Å². The Morgan fingerprint density at radius 1 is 1.38 bits per heavy atom. The van der Waals surface area contributed by atoms with E-state index in [0.717, 1.165) is 10.2 Å². The van der Waals surface area contributed by atoms with Crippen molar-refractivity contribution in [3.05, 3.63) is 52.9 Å². The van der Waals surface area contributed by atoms with Gasteiger partial charge in [-0.15, -0.1) is 23.1 Å². The molecule has 1 aliphatic rings. The molecule has 0 saturated carbocycles. The van der Waals surface area contributed by atoms with E-state index in [1.54, 1.807) is 0 Å². The van der Waals surface area contributed by atoms with Crippen molar-refractivity contribution in [2.24, 2.45) is 4.99 Å². The van der Waals surface area contributed by atoms with Crippen LogP contribution in [0.25, 0.3) is 10.2 Å². The van der Waals surface area contributed by atoms with Crippen molar-refractivity contribution in [3.8, 4) is 0 Å². The van der Waals surface area contributed by atoms with Crippen LogP contribution in [0.3, 0.4) is 0 Å². The average molecular weight is 316 g/mol. The monoisotopic (exact) mass is 316 g/mol. The van der Waals surface area contributed by atoms with Gasteiger partial charge in [0, 0.05) is 6.21 Å². The molecule has 0 radical (unpaired) electrons. The molecule has 0 aliphatic carbocycles. The first kappa shape index (κ1) is 14.2. The van der Waals surface area contributed by atoms with E-state index in [1.165, 1.54) is 29.3 Å². The third kappa shape index (κ3) is 2.57. The number of nitrogens with zero attached hydrogens (tertiary/aromatic N) is 2. The van der Waals surface area contributed by atoms with Crippen LogP contribution < -0.4 is 0 Å². The van der Waals surface area contributed by atoms with Crippen LogP contribution in [0.5, 0.6) is 0 Å². The van der Waals surface area contributed by atoms with Crippen molar-refractivity contribution in [2.45, 2.75) is 4.75 Å². The number of aliphatic hydroxyl groups is 1. The van der Waals surface area contributed by atoms with Gasteiger partial charge in [0.05, 0.1) is 16.8 Å². The van der Waals surface area contributed by atoms with E-state index in [0.29, 0.717) is 5.01 Å². The minimum absolute atomic E-state index is 0.258. The molecule has 1 aliphatic heterocycles. The van der Waals surface area contributed by atoms with Crippen LogP contribution in [0.1, 0.15) is 5.01 Å². The molecular weight excluding hydrogens is 304 g/mol. The summed E-state index contributed by atoms with van der Waals surface area (Å²) in [7, 11) is 0. The molecule has 21 heavy (non-hydrogen) atoms. The minimum Gasteiger partial charge on any atom is -0.391 e. The fraction of sp³-hybridized carbons (Fsp3) is 0.133. The zero-order valence-corrected chi connectivity index (χ0v) is 12.6. The van der Waals surface area contributed by atoms with Crippen molar-refractivity contribution in [2.75, 3.05) is 6.61 Å². The van der Waals surface area contributed by atoms with Crippen molar-refractivity contribution in [1.82, 2.24) is 4.98 Å². The number of amides is 1. The Morgan fingerprint density at radius 3 is 2.95 bits per heavy atom. The van der Waals surface area contributed by atoms with Crippen LogP contribution in [-0.4, -0.2) is 28.8 Å². The summed E-state index contributed by atoms with van der Waals surface area (Å²) in [5, 5.41) is 11.4. The minimum atomic E-state index is -0.940. The highest BCUT2D eigenvalue weighted by Gasteiger charge is 2.41. The Morgan fingerprint density at radius 2 is 2.24 bits per heavy atom. The zero-order valence-electron chi connectivity index (χ0n) is 11.0. The lowest BCUT2D eigenvalue weighted by molar-refractivity contribution is -0.119. The number of aliphatic hydroxyl groups excluding tert-OH is 1. The van der Waals surface area contributed by atoms with Crippen molar-refractivity contribution < 1.29 is 9.90 Å². The molecule has 4 nitrogen and oxygen atoms in total. The number of aliphatic imine (C=N–C) groups is 1. The number of thioether (sulfide) groups is 1. The second kappa shape index (κ2) is 5.93. The first-order chi connectivity index (χ1) is 10.3. The van der Waals surface area contributed by atoms with Gasteiger partial charge >= 0.3 is 0 Å². The highest BCUT2D eigenvalue weighted by atomic mass is 32.2. The Bertz CT molecular complexity index is 731. The molecule has 106 valence electrons. The summed E-state index contributed by atoms with van der Waals surface area (Å²) < 4.78 is 0.0961. The summed E-state index contributed by atoms with van der Waals surface area (Å²) in [6.07, 6.45) is 6.73. The topological polar surface area (TPSA) is 62.5 Å². The van der Waals surface area contributed by atoms with Crippen LogP contribution in [0.15, 0.2) is 52.9 Å². The molecule has 0 saturated heterocycles. The van der Waals surface area contributed by atoms with Crippen LogP contribution >= 0.6 is 23.1 Å². The van der Waals surface area contributed by atoms with Crippen molar-refractivity contribution in [3.63, 3.8) is 0 Å². The molecule has 1 unspecified atom stereocenters. The lowest BCUT2D eigenvalue weighted by Gasteiger charge is -2.24. The fourth-order valence-corrected chi connectivity index (χ4v) is 4.14. The van der Waals surface area contributed by atoms with Gasteiger partial charge in [-0.1, -0.05) is 30.4 Å². The molecule has 1 atom stereocenters. The second-order valence-corrected chi connectivity index (χ2v) is 6.51. The van der Waals surface area contributed by atoms with Crippen molar-refractivity contribution >= 4 is 45.4 Å². The Hall–Kier alpha value is -1.76. The van der Waals surface area contributed by atoms with Gasteiger partial charge in [-0.05, 0) is 17.5 Å². The van der Waals surface area contributed by atoms with Crippen LogP contribution in [0.2, 0.25) is 0 Å². The van der Waals surface area contributed by atoms with Gasteiger partial charge in [-0.25, -0.2) is 9.98 Å². The summed E-state index contributed by atoms with van der Waals surface area (Å²) in [4.78, 5) is 20.9. The smallest absolute Gasteiger partial charge is 0.272 e. The quantitative estimate of drug-likeness (QED) is 0.885. The Balaban J connectivity index is 2.11. The van der Waals surface area contributed by atoms with Crippen LogP contribution in [-0.2, 0) is 9.54 Å². The van der Waals surface area contributed by atoms with Gasteiger partial charge < -0.3 is 5.11 Å². The Labute approximate surface area is 129 Å². The molecule has 1 N–H and O–H groups in total. The fourth-order valence-electron chi connectivity index (χ4n) is 2.01. The molecule has 0 spiro atoms. The number of thiazole rings is 1. The summed E-state index contributed by atoms with van der Waals surface area (Å²) in [5.41, 5.74) is 0.874. The standard InChI is InChI=1S/C15H12N2O2S2/c18-9-8-16-13(19)15(7-3-4-10-20-15)14-17-11-5-1-2-6-12(11)21-14/h1-8,10,18H,9H2. The Kier molecular flexibility index (Phi) is 4.01. The predicted molar refractivity (Wildman–Crippen MR) is 87.8 cm³/mol. The van der Waals surface area contributed by atoms with E-state index >= 15 is 0 Å². The molecular formula is C15H12N2O2S2. The van der Waals surface area contributed by atoms with E-state index < -0.39 is 4.75 Å². The number of hydrogen-bond donors (Lipinski definition) is 1. The van der Waals surface area contributed by atoms with Gasteiger partial charge in [-0.2, -0.15) is 0 Å². The number of carbonyl (C=O) groups excluding carboxylic acids is 1. The lowest BCUT2D eigenvalue weighted by Crippen LogP contribution is -2.29. The summed E-state index contributed by atoms with van der Waals surface area (Å²) in [6.45, 7) is -0.258. The van der Waals surface area contributed by atoms with Gasteiger partial charge in [0.25, 0.3) is 5.91 Å². The number of para-hydroxylation sites is 1. The summed E-state index contributed by atoms with van der Waals surface area (Å²) in [6, 6.07) is 7.79. The highest BCUT2D eigenvalue weighted by Crippen LogP contribution is 2.44. The molecule has 1 aromatic heterocycles. The van der Waals surface area contributed by atoms with Gasteiger partial charge in [0.15, 0.2) is 4.75 Å². The number of benzene rings is 1. The van der Waals surface area contributed by atoms with Crippen LogP contribution in [0.4, 0.5) is 0 Å². The normalized spacial score (nSPS) is 21.4. The van der Waals surface area contributed by atoms with Crippen molar-refractivity contribution in [1.29, 1.82) is 0 Å². The maximum Gasteiger partial charge on any atom is 0.272 e. The molecule has 0 fully saturated rings. The van der Waals surface area contributed by atoms with Crippen LogP contribution in [0, 0.1) is 0 Å².